The van der Waals surface area contributed by atoms with Gasteiger partial charge in [0.1, 0.15) is 10.8 Å². The number of para-hydroxylation sites is 1. The minimum Gasteiger partial charge on any atom is -0.493 e. The van der Waals surface area contributed by atoms with Crippen LogP contribution in [0.4, 0.5) is 0 Å². The smallest absolute Gasteiger partial charge is 0.328 e. The van der Waals surface area contributed by atoms with Crippen LogP contribution in [0.1, 0.15) is 24.5 Å². The van der Waals surface area contributed by atoms with Crippen molar-refractivity contribution in [2.75, 3.05) is 32.0 Å². The minimum absolute atomic E-state index is 0.558. The van der Waals surface area contributed by atoms with Gasteiger partial charge in [0, 0.05) is 30.4 Å². The van der Waals surface area contributed by atoms with Crippen LogP contribution in [0.15, 0.2) is 47.5 Å². The second-order valence-corrected chi connectivity index (χ2v) is 8.83. The van der Waals surface area contributed by atoms with E-state index < -0.39 is 11.9 Å². The quantitative estimate of drug-likeness (QED) is 0.346. The number of benzene rings is 1. The van der Waals surface area contributed by atoms with E-state index in [-0.39, 0.29) is 0 Å². The Morgan fingerprint density at radius 2 is 1.81 bits per heavy atom. The number of carboxylic acids is 2. The van der Waals surface area contributed by atoms with Crippen molar-refractivity contribution in [3.8, 4) is 5.75 Å². The van der Waals surface area contributed by atoms with Crippen LogP contribution in [0, 0.1) is 5.92 Å². The summed E-state index contributed by atoms with van der Waals surface area (Å²) in [4.78, 5) is 21.7. The predicted octanol–water partition coefficient (Wildman–Crippen LogP) is 3.23. The monoisotopic (exact) mass is 463 g/mol. The van der Waals surface area contributed by atoms with E-state index in [0.717, 1.165) is 22.4 Å². The third kappa shape index (κ3) is 7.34. The zero-order chi connectivity index (χ0) is 22.1. The number of carbonyl (C=O) groups is 2. The standard InChI is InChI=1S/C17H21N3OS2.C4H4O4/c1-2-4-14(5-3-1)21-10-11-22-17-16(18-23-19-17)15-12-20-8-6-13(15)7-9-20;5-3(6)1-2-4(7)8/h1-5,13,15H,6-12H2;1-2H,(H,5,6)(H,7,8)/b;2-1+. The molecule has 1 atom stereocenters. The normalized spacial score (nSPS) is 22.0. The lowest BCUT2D eigenvalue weighted by Gasteiger charge is -2.44. The largest absolute Gasteiger partial charge is 0.493 e. The van der Waals surface area contributed by atoms with E-state index in [4.69, 9.17) is 14.9 Å². The third-order valence-electron chi connectivity index (χ3n) is 5.19. The van der Waals surface area contributed by atoms with Gasteiger partial charge < -0.3 is 19.8 Å². The topological polar surface area (TPSA) is 113 Å². The summed E-state index contributed by atoms with van der Waals surface area (Å²) in [6.07, 6.45) is 3.76. The molecule has 2 bridgehead atoms. The SMILES string of the molecule is O=C(O)/C=C/C(=O)O.c1ccc(OCCSc2nsnc2C2CN3CCC2CC3)cc1. The highest BCUT2D eigenvalue weighted by Gasteiger charge is 2.37. The second kappa shape index (κ2) is 11.8. The van der Waals surface area contributed by atoms with E-state index in [1.54, 1.807) is 11.8 Å². The molecule has 0 spiro atoms. The van der Waals surface area contributed by atoms with Crippen LogP contribution < -0.4 is 4.74 Å². The highest BCUT2D eigenvalue weighted by Crippen LogP contribution is 2.41. The molecule has 1 aromatic carbocycles. The van der Waals surface area contributed by atoms with Crippen molar-refractivity contribution in [3.05, 3.63) is 48.2 Å². The number of hydrogen-bond donors (Lipinski definition) is 2. The van der Waals surface area contributed by atoms with Crippen molar-refractivity contribution in [2.45, 2.75) is 23.8 Å². The van der Waals surface area contributed by atoms with E-state index in [2.05, 4.69) is 13.6 Å². The van der Waals surface area contributed by atoms with Gasteiger partial charge in [0.25, 0.3) is 0 Å². The summed E-state index contributed by atoms with van der Waals surface area (Å²) in [6, 6.07) is 9.99. The lowest BCUT2D eigenvalue weighted by Crippen LogP contribution is -2.46. The molecule has 166 valence electrons. The average Bonchev–Trinajstić information content (AvgIpc) is 3.26. The lowest BCUT2D eigenvalue weighted by molar-refractivity contribution is -0.134. The molecule has 0 amide bonds. The molecule has 4 heterocycles. The molecule has 3 saturated heterocycles. The van der Waals surface area contributed by atoms with Crippen LogP contribution in [0.2, 0.25) is 0 Å². The molecule has 0 saturated carbocycles. The third-order valence-corrected chi connectivity index (χ3v) is 6.79. The number of aliphatic carboxylic acids is 2. The van der Waals surface area contributed by atoms with Crippen LogP contribution in [0.5, 0.6) is 5.75 Å². The number of aromatic nitrogens is 2. The molecule has 5 rings (SSSR count). The first-order valence-corrected chi connectivity index (χ1v) is 11.7. The molecule has 10 heteroatoms. The van der Waals surface area contributed by atoms with Crippen molar-refractivity contribution in [2.24, 2.45) is 5.92 Å². The van der Waals surface area contributed by atoms with E-state index >= 15 is 0 Å². The number of rotatable bonds is 8. The predicted molar refractivity (Wildman–Crippen MR) is 119 cm³/mol. The first-order chi connectivity index (χ1) is 15.0. The van der Waals surface area contributed by atoms with Gasteiger partial charge in [0.05, 0.1) is 24.0 Å². The van der Waals surface area contributed by atoms with Crippen LogP contribution in [-0.2, 0) is 9.59 Å². The van der Waals surface area contributed by atoms with E-state index in [1.165, 1.54) is 49.9 Å². The highest BCUT2D eigenvalue weighted by atomic mass is 32.2. The van der Waals surface area contributed by atoms with Crippen LogP contribution in [-0.4, -0.2) is 67.8 Å². The summed E-state index contributed by atoms with van der Waals surface area (Å²) in [6.45, 7) is 4.41. The van der Waals surface area contributed by atoms with Gasteiger partial charge in [0.15, 0.2) is 0 Å². The lowest BCUT2D eigenvalue weighted by atomic mass is 9.78. The molecule has 2 N–H and O–H groups in total. The molecular weight excluding hydrogens is 438 g/mol. The molecule has 2 aromatic rings. The molecule has 8 nitrogen and oxygen atoms in total. The number of ether oxygens (including phenoxy) is 1. The van der Waals surface area contributed by atoms with Crippen LogP contribution in [0.3, 0.4) is 0 Å². The van der Waals surface area contributed by atoms with E-state index in [1.807, 2.05) is 30.3 Å². The Balaban J connectivity index is 0.000000293. The van der Waals surface area contributed by atoms with Gasteiger partial charge in [-0.3, -0.25) is 0 Å². The number of carboxylic acid groups (broad SMARTS) is 2. The molecule has 0 radical (unpaired) electrons. The van der Waals surface area contributed by atoms with Gasteiger partial charge >= 0.3 is 11.9 Å². The number of hydrogen-bond acceptors (Lipinski definition) is 8. The number of nitrogens with zero attached hydrogens (tertiary/aromatic N) is 3. The van der Waals surface area contributed by atoms with Gasteiger partial charge in [-0.25, -0.2) is 9.59 Å². The average molecular weight is 464 g/mol. The molecule has 31 heavy (non-hydrogen) atoms. The van der Waals surface area contributed by atoms with Gasteiger partial charge in [-0.05, 0) is 44.0 Å². The fraction of sp³-hybridized carbons (Fsp3) is 0.429. The maximum Gasteiger partial charge on any atom is 0.328 e. The van der Waals surface area contributed by atoms with Crippen molar-refractivity contribution >= 4 is 35.4 Å². The van der Waals surface area contributed by atoms with E-state index in [0.29, 0.717) is 24.7 Å². The summed E-state index contributed by atoms with van der Waals surface area (Å²) in [7, 11) is 0. The maximum absolute atomic E-state index is 9.55. The Labute approximate surface area is 189 Å². The summed E-state index contributed by atoms with van der Waals surface area (Å²) in [5, 5.41) is 16.8. The Bertz CT molecular complexity index is 866. The second-order valence-electron chi connectivity index (χ2n) is 7.22. The van der Waals surface area contributed by atoms with Gasteiger partial charge in [-0.1, -0.05) is 30.0 Å². The summed E-state index contributed by atoms with van der Waals surface area (Å²) < 4.78 is 14.9. The Kier molecular flexibility index (Phi) is 8.86. The van der Waals surface area contributed by atoms with Crippen molar-refractivity contribution in [3.63, 3.8) is 0 Å². The fourth-order valence-corrected chi connectivity index (χ4v) is 5.34. The zero-order valence-corrected chi connectivity index (χ0v) is 18.6. The zero-order valence-electron chi connectivity index (χ0n) is 16.9. The minimum atomic E-state index is -1.26. The van der Waals surface area contributed by atoms with E-state index in [9.17, 15) is 9.59 Å². The molecule has 3 fully saturated rings. The van der Waals surface area contributed by atoms with Gasteiger partial charge in [-0.15, -0.1) is 0 Å². The van der Waals surface area contributed by atoms with Crippen LogP contribution in [0.25, 0.3) is 0 Å². The van der Waals surface area contributed by atoms with Crippen LogP contribution >= 0.6 is 23.5 Å². The summed E-state index contributed by atoms with van der Waals surface area (Å²) >= 11 is 3.15. The Hall–Kier alpha value is -2.43. The molecule has 3 aliphatic rings. The number of thioether (sulfide) groups is 1. The molecule has 1 unspecified atom stereocenters. The molecular formula is C21H25N3O5S2. The summed E-state index contributed by atoms with van der Waals surface area (Å²) in [5.74, 6) is 0.730. The number of piperidine rings is 3. The van der Waals surface area contributed by atoms with Gasteiger partial charge in [-0.2, -0.15) is 8.75 Å². The first kappa shape index (κ1) is 23.2. The maximum atomic E-state index is 9.55. The highest BCUT2D eigenvalue weighted by molar-refractivity contribution is 7.99. The fourth-order valence-electron chi connectivity index (χ4n) is 3.75. The van der Waals surface area contributed by atoms with Crippen molar-refractivity contribution < 1.29 is 24.5 Å². The van der Waals surface area contributed by atoms with Gasteiger partial charge in [0.2, 0.25) is 0 Å². The molecule has 3 aliphatic heterocycles. The summed E-state index contributed by atoms with van der Waals surface area (Å²) in [5.41, 5.74) is 1.24. The molecule has 0 aliphatic carbocycles. The van der Waals surface area contributed by atoms with Crippen molar-refractivity contribution in [1.82, 2.24) is 13.6 Å². The Morgan fingerprint density at radius 1 is 1.13 bits per heavy atom. The first-order valence-electron chi connectivity index (χ1n) is 10.0. The molecule has 1 aromatic heterocycles. The number of fused-ring (bicyclic) bond motifs is 3. The van der Waals surface area contributed by atoms with Crippen molar-refractivity contribution in [1.29, 1.82) is 0 Å². The Morgan fingerprint density at radius 3 is 2.39 bits per heavy atom.